The number of hydrogen-bond acceptors (Lipinski definition) is 4. The molecule has 0 atom stereocenters. The zero-order valence-electron chi connectivity index (χ0n) is 10.8. The lowest BCUT2D eigenvalue weighted by atomic mass is 10.2. The van der Waals surface area contributed by atoms with Crippen molar-refractivity contribution in [2.75, 3.05) is 4.72 Å². The number of primary amides is 1. The second-order valence-electron chi connectivity index (χ2n) is 4.18. The Hall–Kier alpha value is -2.85. The number of rotatable bonds is 4. The lowest BCUT2D eigenvalue weighted by Gasteiger charge is -2.08. The van der Waals surface area contributed by atoms with Crippen LogP contribution in [0.15, 0.2) is 53.4 Å². The van der Waals surface area contributed by atoms with Crippen LogP contribution in [0.2, 0.25) is 0 Å². The largest absolute Gasteiger partial charge is 0.366 e. The fourth-order valence-corrected chi connectivity index (χ4v) is 2.68. The molecule has 0 aliphatic rings. The summed E-state index contributed by atoms with van der Waals surface area (Å²) < 4.78 is 26.7. The van der Waals surface area contributed by atoms with Crippen molar-refractivity contribution in [3.8, 4) is 6.07 Å². The van der Waals surface area contributed by atoms with E-state index in [0.29, 0.717) is 11.3 Å². The van der Waals surface area contributed by atoms with E-state index in [1.807, 2.05) is 6.07 Å². The number of carbonyl (C=O) groups is 1. The van der Waals surface area contributed by atoms with E-state index in [1.165, 1.54) is 48.5 Å². The van der Waals surface area contributed by atoms with Gasteiger partial charge in [0.25, 0.3) is 10.0 Å². The molecule has 0 spiro atoms. The third-order valence-corrected chi connectivity index (χ3v) is 4.11. The number of sulfonamides is 1. The molecule has 0 aromatic heterocycles. The number of nitrogens with zero attached hydrogens (tertiary/aromatic N) is 1. The van der Waals surface area contributed by atoms with Crippen molar-refractivity contribution in [3.63, 3.8) is 0 Å². The molecular formula is C14H11N3O3S. The van der Waals surface area contributed by atoms with Crippen LogP contribution >= 0.6 is 0 Å². The highest BCUT2D eigenvalue weighted by atomic mass is 32.2. The van der Waals surface area contributed by atoms with Crippen LogP contribution in [0.25, 0.3) is 0 Å². The topological polar surface area (TPSA) is 113 Å². The van der Waals surface area contributed by atoms with Crippen molar-refractivity contribution in [2.45, 2.75) is 4.90 Å². The Balaban J connectivity index is 2.25. The summed E-state index contributed by atoms with van der Waals surface area (Å²) in [5, 5.41) is 8.68. The Kier molecular flexibility index (Phi) is 3.91. The molecule has 2 aromatic carbocycles. The Labute approximate surface area is 121 Å². The van der Waals surface area contributed by atoms with Gasteiger partial charge in [-0.15, -0.1) is 0 Å². The monoisotopic (exact) mass is 301 g/mol. The molecular weight excluding hydrogens is 290 g/mol. The van der Waals surface area contributed by atoms with Crippen molar-refractivity contribution in [1.82, 2.24) is 0 Å². The minimum absolute atomic E-state index is 0.0110. The molecule has 0 aliphatic carbocycles. The average Bonchev–Trinajstić information content (AvgIpc) is 2.48. The Morgan fingerprint density at radius 2 is 1.62 bits per heavy atom. The zero-order valence-corrected chi connectivity index (χ0v) is 11.6. The van der Waals surface area contributed by atoms with E-state index in [9.17, 15) is 13.2 Å². The van der Waals surface area contributed by atoms with Gasteiger partial charge in [0.15, 0.2) is 0 Å². The molecule has 6 nitrogen and oxygen atoms in total. The summed E-state index contributed by atoms with van der Waals surface area (Å²) >= 11 is 0. The minimum Gasteiger partial charge on any atom is -0.366 e. The predicted molar refractivity (Wildman–Crippen MR) is 76.9 cm³/mol. The highest BCUT2D eigenvalue weighted by Crippen LogP contribution is 2.17. The van der Waals surface area contributed by atoms with E-state index < -0.39 is 15.9 Å². The molecule has 106 valence electrons. The highest BCUT2D eigenvalue weighted by Gasteiger charge is 2.14. The van der Waals surface area contributed by atoms with Crippen molar-refractivity contribution in [2.24, 2.45) is 5.73 Å². The number of amides is 1. The number of anilines is 1. The van der Waals surface area contributed by atoms with Crippen LogP contribution in [-0.4, -0.2) is 14.3 Å². The molecule has 7 heteroatoms. The van der Waals surface area contributed by atoms with Crippen LogP contribution in [0.5, 0.6) is 0 Å². The number of carbonyl (C=O) groups excluding carboxylic acids is 1. The fraction of sp³-hybridized carbons (Fsp3) is 0. The molecule has 2 rings (SSSR count). The highest BCUT2D eigenvalue weighted by molar-refractivity contribution is 7.92. The van der Waals surface area contributed by atoms with Gasteiger partial charge in [0.05, 0.1) is 16.5 Å². The zero-order chi connectivity index (χ0) is 15.5. The lowest BCUT2D eigenvalue weighted by molar-refractivity contribution is 0.1000. The molecule has 2 aromatic rings. The van der Waals surface area contributed by atoms with Gasteiger partial charge >= 0.3 is 0 Å². The molecule has 0 radical (unpaired) electrons. The van der Waals surface area contributed by atoms with Crippen LogP contribution in [0.3, 0.4) is 0 Å². The number of nitrogens with two attached hydrogens (primary N) is 1. The smallest absolute Gasteiger partial charge is 0.261 e. The summed E-state index contributed by atoms with van der Waals surface area (Å²) in [7, 11) is -3.76. The summed E-state index contributed by atoms with van der Waals surface area (Å²) in [4.78, 5) is 11.0. The maximum atomic E-state index is 12.1. The molecule has 0 saturated heterocycles. The average molecular weight is 301 g/mol. The van der Waals surface area contributed by atoms with Crippen LogP contribution in [0.1, 0.15) is 15.9 Å². The Morgan fingerprint density at radius 3 is 2.10 bits per heavy atom. The lowest BCUT2D eigenvalue weighted by Crippen LogP contribution is -2.14. The molecule has 0 heterocycles. The molecule has 0 bridgehead atoms. The number of hydrogen-bond donors (Lipinski definition) is 2. The summed E-state index contributed by atoms with van der Waals surface area (Å²) in [6.07, 6.45) is 0. The number of benzene rings is 2. The van der Waals surface area contributed by atoms with Gasteiger partial charge < -0.3 is 5.73 Å². The van der Waals surface area contributed by atoms with E-state index in [0.717, 1.165) is 0 Å². The molecule has 21 heavy (non-hydrogen) atoms. The van der Waals surface area contributed by atoms with E-state index in [-0.39, 0.29) is 10.5 Å². The molecule has 0 fully saturated rings. The van der Waals surface area contributed by atoms with Gasteiger partial charge in [-0.1, -0.05) is 0 Å². The minimum atomic E-state index is -3.76. The molecule has 1 amide bonds. The van der Waals surface area contributed by atoms with E-state index in [1.54, 1.807) is 0 Å². The van der Waals surface area contributed by atoms with Crippen LogP contribution in [0, 0.1) is 11.3 Å². The van der Waals surface area contributed by atoms with Crippen LogP contribution in [0.4, 0.5) is 5.69 Å². The normalized spacial score (nSPS) is 10.6. The van der Waals surface area contributed by atoms with Crippen molar-refractivity contribution in [3.05, 3.63) is 59.7 Å². The van der Waals surface area contributed by atoms with Crippen molar-refractivity contribution >= 4 is 21.6 Å². The van der Waals surface area contributed by atoms with Gasteiger partial charge in [-0.2, -0.15) is 5.26 Å². The third-order valence-electron chi connectivity index (χ3n) is 2.72. The van der Waals surface area contributed by atoms with E-state index in [4.69, 9.17) is 11.0 Å². The van der Waals surface area contributed by atoms with Gasteiger partial charge in [0, 0.05) is 11.3 Å². The summed E-state index contributed by atoms with van der Waals surface area (Å²) in [5.41, 5.74) is 6.10. The van der Waals surface area contributed by atoms with Gasteiger partial charge in [-0.25, -0.2) is 8.42 Å². The summed E-state index contributed by atoms with van der Waals surface area (Å²) in [6, 6.07) is 13.2. The molecule has 0 saturated carbocycles. The first-order chi connectivity index (χ1) is 9.92. The summed E-state index contributed by atoms with van der Waals surface area (Å²) in [6.45, 7) is 0. The Morgan fingerprint density at radius 1 is 1.05 bits per heavy atom. The maximum absolute atomic E-state index is 12.1. The number of nitriles is 1. The van der Waals surface area contributed by atoms with Crippen LogP contribution in [-0.2, 0) is 10.0 Å². The summed E-state index contributed by atoms with van der Waals surface area (Å²) in [5.74, 6) is -0.626. The first-order valence-electron chi connectivity index (χ1n) is 5.85. The second kappa shape index (κ2) is 5.64. The second-order valence-corrected chi connectivity index (χ2v) is 5.87. The SMILES string of the molecule is N#Cc1ccc(NS(=O)(=O)c2ccc(C(N)=O)cc2)cc1. The molecule has 0 aliphatic heterocycles. The van der Waals surface area contributed by atoms with E-state index in [2.05, 4.69) is 4.72 Å². The third kappa shape index (κ3) is 3.38. The van der Waals surface area contributed by atoms with E-state index >= 15 is 0 Å². The fourth-order valence-electron chi connectivity index (χ4n) is 1.63. The molecule has 3 N–H and O–H groups in total. The first kappa shape index (κ1) is 14.6. The van der Waals surface area contributed by atoms with Gasteiger partial charge in [0.2, 0.25) is 5.91 Å². The van der Waals surface area contributed by atoms with Crippen LogP contribution < -0.4 is 10.5 Å². The van der Waals surface area contributed by atoms with Crippen molar-refractivity contribution in [1.29, 1.82) is 5.26 Å². The van der Waals surface area contributed by atoms with Gasteiger partial charge in [0.1, 0.15) is 0 Å². The maximum Gasteiger partial charge on any atom is 0.261 e. The number of nitrogens with one attached hydrogen (secondary N) is 1. The Bertz CT molecular complexity index is 804. The molecule has 0 unspecified atom stereocenters. The standard InChI is InChI=1S/C14H11N3O3S/c15-9-10-1-5-12(6-2-10)17-21(19,20)13-7-3-11(4-8-13)14(16)18/h1-8,17H,(H2,16,18). The van der Waals surface area contributed by atoms with Gasteiger partial charge in [-0.05, 0) is 48.5 Å². The van der Waals surface area contributed by atoms with Crippen molar-refractivity contribution < 1.29 is 13.2 Å². The van der Waals surface area contributed by atoms with Gasteiger partial charge in [-0.3, -0.25) is 9.52 Å². The predicted octanol–water partition coefficient (Wildman–Crippen LogP) is 1.46. The quantitative estimate of drug-likeness (QED) is 0.889. The first-order valence-corrected chi connectivity index (χ1v) is 7.33.